The van der Waals surface area contributed by atoms with E-state index in [2.05, 4.69) is 241 Å². The number of benzene rings is 11. The van der Waals surface area contributed by atoms with Crippen LogP contribution in [0.3, 0.4) is 0 Å². The van der Waals surface area contributed by atoms with E-state index in [1.54, 1.807) is 0 Å². The molecule has 2 aromatic heterocycles. The Labute approximate surface area is 411 Å². The molecule has 2 heterocycles. The highest BCUT2D eigenvalue weighted by Crippen LogP contribution is 2.51. The topological polar surface area (TPSA) is 32.8 Å². The van der Waals surface area contributed by atoms with Gasteiger partial charge in [-0.15, -0.1) is 0 Å². The van der Waals surface area contributed by atoms with Gasteiger partial charge < -0.3 is 18.6 Å². The highest BCUT2D eigenvalue weighted by molar-refractivity contribution is 8.32. The summed E-state index contributed by atoms with van der Waals surface area (Å²) in [7, 11) is -1.81. The Morgan fingerprint density at radius 2 is 0.700 bits per heavy atom. The fraction of sp³-hybridized carbons (Fsp3) is 0.0938. The molecule has 0 aliphatic carbocycles. The Morgan fingerprint density at radius 1 is 0.300 bits per heavy atom. The molecule has 13 rings (SSSR count). The Bertz CT molecular complexity index is 4190. The summed E-state index contributed by atoms with van der Waals surface area (Å²) in [5.41, 5.74) is 9.86. The van der Waals surface area contributed by atoms with Crippen LogP contribution in [0.1, 0.15) is 0 Å². The maximum atomic E-state index is 6.72. The lowest BCUT2D eigenvalue weighted by atomic mass is 9.90. The van der Waals surface area contributed by atoms with E-state index in [9.17, 15) is 0 Å². The van der Waals surface area contributed by atoms with Gasteiger partial charge in [-0.05, 0) is 187 Å². The zero-order chi connectivity index (χ0) is 47.5. The highest BCUT2D eigenvalue weighted by Gasteiger charge is 2.24. The number of furan rings is 2. The fourth-order valence-corrected chi connectivity index (χ4v) is 12.6. The number of para-hydroxylation sites is 4. The van der Waals surface area contributed by atoms with Gasteiger partial charge in [0.25, 0.3) is 0 Å². The van der Waals surface area contributed by atoms with Gasteiger partial charge in [-0.3, -0.25) is 0 Å². The molecule has 0 fully saturated rings. The maximum absolute atomic E-state index is 6.72. The standard InChI is InChI=1S/C64H52N2O2S2/c1-69(2,3)46-32-26-42(27-33-46)65(58-21-13-19-55-51-16-9-11-23-60(51)67-63(55)58)44-30-37-48-41(39-44)25-36-54-50-38-31-45(40-57(50)49-15-7-8-18-53(49)62(48)54)66(43-28-34-47(35-29-43)70(4,5)6)59-22-14-20-56-52-17-10-12-24-61(52)68-64(56)59/h7-40H,1-6H3. The average molecular weight is 945 g/mol. The summed E-state index contributed by atoms with van der Waals surface area (Å²) in [6, 6.07) is 75.6. The summed E-state index contributed by atoms with van der Waals surface area (Å²) in [5, 5.41) is 14.2. The summed E-state index contributed by atoms with van der Waals surface area (Å²) in [5.74, 6) is 0. The van der Waals surface area contributed by atoms with Crippen LogP contribution in [0.2, 0.25) is 0 Å². The van der Waals surface area contributed by atoms with E-state index in [-0.39, 0.29) is 0 Å². The van der Waals surface area contributed by atoms with E-state index in [0.29, 0.717) is 0 Å². The third-order valence-electron chi connectivity index (χ3n) is 14.2. The Balaban J connectivity index is 0.999. The minimum absolute atomic E-state index is 0.874. The molecule has 0 aliphatic heterocycles. The SMILES string of the molecule is CS(C)(C)c1ccc(N(c2ccc3c(ccc4c5ccc(N(c6ccc(S(C)(C)C)cc6)c6cccc7c6oc6ccccc67)cc5c5ccccc5c34)c2)c2cccc3c2oc2ccccc23)cc1. The molecule has 13 aromatic rings. The van der Waals surface area contributed by atoms with E-state index >= 15 is 0 Å². The highest BCUT2D eigenvalue weighted by atomic mass is 32.3. The first-order valence-electron chi connectivity index (χ1n) is 23.8. The summed E-state index contributed by atoms with van der Waals surface area (Å²) < 4.78 is 13.4. The Kier molecular flexibility index (Phi) is 9.68. The first-order chi connectivity index (χ1) is 34.0. The predicted molar refractivity (Wildman–Crippen MR) is 308 cm³/mol. The lowest BCUT2D eigenvalue weighted by Crippen LogP contribution is -2.10. The Morgan fingerprint density at radius 3 is 1.23 bits per heavy atom. The van der Waals surface area contributed by atoms with E-state index in [0.717, 1.165) is 78.0 Å². The van der Waals surface area contributed by atoms with Crippen molar-refractivity contribution in [3.63, 3.8) is 0 Å². The molecule has 0 aliphatic rings. The van der Waals surface area contributed by atoms with Crippen LogP contribution in [-0.4, -0.2) is 37.5 Å². The van der Waals surface area contributed by atoms with Gasteiger partial charge in [-0.1, -0.05) is 109 Å². The van der Waals surface area contributed by atoms with Crippen LogP contribution < -0.4 is 9.80 Å². The molecule has 6 heteroatoms. The summed E-state index contributed by atoms with van der Waals surface area (Å²) in [4.78, 5) is 7.50. The second kappa shape index (κ2) is 16.0. The largest absolute Gasteiger partial charge is 0.454 e. The second-order valence-corrected chi connectivity index (χ2v) is 28.3. The quantitative estimate of drug-likeness (QED) is 0.142. The number of hydrogen-bond donors (Lipinski definition) is 0. The van der Waals surface area contributed by atoms with Crippen molar-refractivity contribution < 1.29 is 8.83 Å². The molecule has 70 heavy (non-hydrogen) atoms. The van der Waals surface area contributed by atoms with Crippen LogP contribution >= 0.6 is 20.1 Å². The van der Waals surface area contributed by atoms with Crippen molar-refractivity contribution in [2.75, 3.05) is 47.3 Å². The fourth-order valence-electron chi connectivity index (χ4n) is 10.7. The van der Waals surface area contributed by atoms with Crippen LogP contribution in [0.4, 0.5) is 34.1 Å². The zero-order valence-electron chi connectivity index (χ0n) is 40.2. The van der Waals surface area contributed by atoms with Crippen LogP contribution in [0.25, 0.3) is 87.0 Å². The number of rotatable bonds is 8. The number of hydrogen-bond acceptors (Lipinski definition) is 4. The third kappa shape index (κ3) is 6.84. The molecule has 0 saturated carbocycles. The van der Waals surface area contributed by atoms with Crippen LogP contribution in [0, 0.1) is 0 Å². The normalized spacial score (nSPS) is 12.9. The van der Waals surface area contributed by atoms with Gasteiger partial charge in [0.1, 0.15) is 11.2 Å². The van der Waals surface area contributed by atoms with E-state index in [4.69, 9.17) is 8.83 Å². The van der Waals surface area contributed by atoms with Crippen LogP contribution in [0.15, 0.2) is 225 Å². The van der Waals surface area contributed by atoms with Crippen molar-refractivity contribution >= 4 is 141 Å². The second-order valence-electron chi connectivity index (χ2n) is 20.0. The van der Waals surface area contributed by atoms with Crippen molar-refractivity contribution in [3.8, 4) is 0 Å². The van der Waals surface area contributed by atoms with Gasteiger partial charge >= 0.3 is 0 Å². The van der Waals surface area contributed by atoms with E-state index in [1.807, 2.05) is 12.1 Å². The van der Waals surface area contributed by atoms with Gasteiger partial charge in [0.2, 0.25) is 0 Å². The molecule has 0 unspecified atom stereocenters. The van der Waals surface area contributed by atoms with Crippen LogP contribution in [0.5, 0.6) is 0 Å². The molecule has 0 bridgehead atoms. The summed E-state index contributed by atoms with van der Waals surface area (Å²) in [6.45, 7) is 0. The van der Waals surface area contributed by atoms with Crippen molar-refractivity contribution in [3.05, 3.63) is 206 Å². The van der Waals surface area contributed by atoms with Crippen molar-refractivity contribution in [1.82, 2.24) is 0 Å². The monoisotopic (exact) mass is 944 g/mol. The smallest absolute Gasteiger partial charge is 0.159 e. The minimum atomic E-state index is -0.910. The molecule has 0 saturated heterocycles. The van der Waals surface area contributed by atoms with Gasteiger partial charge in [0, 0.05) is 44.3 Å². The van der Waals surface area contributed by atoms with Crippen molar-refractivity contribution in [2.45, 2.75) is 9.79 Å². The van der Waals surface area contributed by atoms with Crippen LogP contribution in [-0.2, 0) is 0 Å². The number of nitrogens with zero attached hydrogens (tertiary/aromatic N) is 2. The molecular weight excluding hydrogens is 893 g/mol. The molecule has 0 spiro atoms. The molecule has 0 N–H and O–H groups in total. The lowest BCUT2D eigenvalue weighted by Gasteiger charge is -2.29. The van der Waals surface area contributed by atoms with Gasteiger partial charge in [0.15, 0.2) is 11.2 Å². The van der Waals surface area contributed by atoms with Crippen molar-refractivity contribution in [2.24, 2.45) is 0 Å². The summed E-state index contributed by atoms with van der Waals surface area (Å²) in [6.07, 6.45) is 14.1. The number of anilines is 6. The molecule has 0 radical (unpaired) electrons. The van der Waals surface area contributed by atoms with Crippen molar-refractivity contribution in [1.29, 1.82) is 0 Å². The van der Waals surface area contributed by atoms with E-state index < -0.39 is 20.1 Å². The maximum Gasteiger partial charge on any atom is 0.159 e. The first-order valence-corrected chi connectivity index (χ1v) is 29.5. The van der Waals surface area contributed by atoms with Gasteiger partial charge in [-0.25, -0.2) is 20.1 Å². The minimum Gasteiger partial charge on any atom is -0.454 e. The Hall–Kier alpha value is -7.64. The third-order valence-corrected chi connectivity index (χ3v) is 17.5. The summed E-state index contributed by atoms with van der Waals surface area (Å²) >= 11 is 0. The van der Waals surface area contributed by atoms with E-state index in [1.165, 1.54) is 52.9 Å². The molecule has 11 aromatic carbocycles. The molecule has 0 amide bonds. The first kappa shape index (κ1) is 42.5. The molecule has 342 valence electrons. The van der Waals surface area contributed by atoms with Gasteiger partial charge in [0.05, 0.1) is 11.4 Å². The molecule has 0 atom stereocenters. The number of fused-ring (bicyclic) bond motifs is 14. The predicted octanol–water partition coefficient (Wildman–Crippen LogP) is 19.1. The molecule has 4 nitrogen and oxygen atoms in total. The van der Waals surface area contributed by atoms with Gasteiger partial charge in [-0.2, -0.15) is 0 Å². The molecular formula is C64H52N2O2S2. The zero-order valence-corrected chi connectivity index (χ0v) is 41.8. The average Bonchev–Trinajstić information content (AvgIpc) is 3.96. The lowest BCUT2D eigenvalue weighted by molar-refractivity contribution is 0.668.